The molecule has 1 aromatic rings. The number of aromatic nitrogens is 4. The summed E-state index contributed by atoms with van der Waals surface area (Å²) in [5.74, 6) is -18.3. The van der Waals surface area contributed by atoms with Crippen LogP contribution in [0.1, 0.15) is 146 Å². The lowest BCUT2D eigenvalue weighted by atomic mass is 9.77. The summed E-state index contributed by atoms with van der Waals surface area (Å²) in [6, 6.07) is -1.67. The number of piperidine rings is 1. The number of cyclic esters (lactones) is 1. The summed E-state index contributed by atoms with van der Waals surface area (Å²) in [5, 5.41) is 35.5. The van der Waals surface area contributed by atoms with E-state index in [9.17, 15) is 36.9 Å². The van der Waals surface area contributed by atoms with Gasteiger partial charge in [0.05, 0.1) is 28.5 Å². The lowest BCUT2D eigenvalue weighted by Gasteiger charge is -2.42. The number of carbonyl (C=O) groups is 5. The molecule has 1 amide bonds. The molecular weight excluding hydrogens is 899 g/mol. The molecule has 4 heterocycles. The molecule has 1 aromatic heterocycles. The van der Waals surface area contributed by atoms with Crippen molar-refractivity contribution in [3.8, 4) is 0 Å². The van der Waals surface area contributed by atoms with Crippen LogP contribution in [0.2, 0.25) is 0 Å². The van der Waals surface area contributed by atoms with Crippen molar-refractivity contribution in [2.45, 2.75) is 180 Å². The normalized spacial score (nSPS) is 44.7. The highest BCUT2D eigenvalue weighted by atomic mass is 16.6. The molecule has 0 spiro atoms. The van der Waals surface area contributed by atoms with E-state index in [1.165, 1.54) is 78.2 Å². The van der Waals surface area contributed by atoms with Crippen LogP contribution in [0, 0.1) is 41.4 Å². The Labute approximate surface area is 428 Å². The van der Waals surface area contributed by atoms with Crippen LogP contribution >= 0.6 is 0 Å². The number of hydrogen-bond donors (Lipinski definition) is 2. The number of nitrogens with zero attached hydrogens (tertiary/aromatic N) is 5. The first kappa shape index (κ1) is 43.3. The molecule has 1 aliphatic carbocycles. The lowest BCUT2D eigenvalue weighted by molar-refractivity contribution is -0.265. The van der Waals surface area contributed by atoms with Crippen LogP contribution in [0.4, 0.5) is 0 Å². The van der Waals surface area contributed by atoms with Crippen LogP contribution < -0.4 is 0 Å². The van der Waals surface area contributed by atoms with Crippen LogP contribution in [0.25, 0.3) is 0 Å². The van der Waals surface area contributed by atoms with E-state index in [1.807, 2.05) is 0 Å². The largest absolute Gasteiger partial charge is 0.460 e. The van der Waals surface area contributed by atoms with E-state index >= 15 is 0 Å². The number of aliphatic hydroxyl groups excluding tert-OH is 1. The van der Waals surface area contributed by atoms with Gasteiger partial charge in [-0.3, -0.25) is 19.2 Å². The van der Waals surface area contributed by atoms with E-state index in [-0.39, 0.29) is 42.2 Å². The first-order valence-electron chi connectivity index (χ1n) is 29.4. The molecule has 16 atom stereocenters. The number of fused-ring (bicyclic) bond motifs is 3. The number of esters is 1. The van der Waals surface area contributed by atoms with Crippen molar-refractivity contribution in [1.29, 1.82) is 0 Å². The van der Waals surface area contributed by atoms with E-state index < -0.39 is 147 Å². The molecule has 0 aromatic carbocycles. The Morgan fingerprint density at radius 3 is 2.44 bits per heavy atom. The number of aliphatic hydroxyl groups is 2. The molecule has 3 fully saturated rings. The number of ether oxygens (including phenoxy) is 5. The third kappa shape index (κ3) is 13.8. The summed E-state index contributed by atoms with van der Waals surface area (Å²) in [6.45, 7) is 6.66. The van der Waals surface area contributed by atoms with Crippen molar-refractivity contribution in [3.63, 3.8) is 0 Å². The Morgan fingerprint density at radius 1 is 0.986 bits per heavy atom. The molecule has 3 aliphatic heterocycles. The van der Waals surface area contributed by atoms with Crippen LogP contribution in [0.5, 0.6) is 0 Å². The van der Waals surface area contributed by atoms with Crippen molar-refractivity contribution >= 4 is 29.2 Å². The van der Waals surface area contributed by atoms with Crippen molar-refractivity contribution < 1.29 is 71.6 Å². The number of hydrogen-bond acceptors (Lipinski definition) is 15. The fourth-order valence-electron chi connectivity index (χ4n) is 9.98. The second-order valence-corrected chi connectivity index (χ2v) is 19.6. The first-order chi connectivity index (χ1) is 37.0. The van der Waals surface area contributed by atoms with E-state index in [4.69, 9.17) is 34.7 Å². The van der Waals surface area contributed by atoms with Gasteiger partial charge in [-0.15, -0.1) is 5.10 Å². The molecule has 2 saturated heterocycles. The topological polar surface area (TPSA) is 219 Å². The van der Waals surface area contributed by atoms with Crippen molar-refractivity contribution in [2.24, 2.45) is 41.4 Å². The Morgan fingerprint density at radius 2 is 1.76 bits per heavy atom. The van der Waals surface area contributed by atoms with Crippen molar-refractivity contribution in [3.05, 3.63) is 53.9 Å². The molecule has 1 saturated carbocycles. The third-order valence-electron chi connectivity index (χ3n) is 14.8. The molecule has 1 unspecified atom stereocenters. The summed E-state index contributed by atoms with van der Waals surface area (Å²) in [7, 11) is -0.300. The van der Waals surface area contributed by atoms with E-state index in [0.717, 1.165) is 18.1 Å². The number of methoxy groups -OCH3 is 3. The highest BCUT2D eigenvalue weighted by Gasteiger charge is 2.53. The Kier molecular flexibility index (Phi) is 16.0. The number of allylic oxidation sites excluding steroid dienone is 6. The molecule has 17 nitrogen and oxygen atoms in total. The van der Waals surface area contributed by atoms with Gasteiger partial charge in [0.15, 0.2) is 5.78 Å². The van der Waals surface area contributed by atoms with Crippen LogP contribution in [0.15, 0.2) is 53.9 Å². The minimum absolute atomic E-state index is 0.0397. The van der Waals surface area contributed by atoms with E-state index in [0.29, 0.717) is 38.5 Å². The summed E-state index contributed by atoms with van der Waals surface area (Å²) in [5.41, 5.74) is 0.137. The Hall–Kier alpha value is -4.26. The maximum atomic E-state index is 14.7. The number of rotatable bonds is 7. The summed E-state index contributed by atoms with van der Waals surface area (Å²) < 4.78 is 116. The fourth-order valence-corrected chi connectivity index (χ4v) is 9.98. The van der Waals surface area contributed by atoms with Gasteiger partial charge in [-0.05, 0) is 117 Å². The maximum Gasteiger partial charge on any atom is 0.329 e. The van der Waals surface area contributed by atoms with Gasteiger partial charge in [0.2, 0.25) is 5.79 Å². The molecule has 4 aliphatic rings. The van der Waals surface area contributed by atoms with Crippen LogP contribution in [-0.2, 0) is 47.7 Å². The van der Waals surface area contributed by atoms with Crippen molar-refractivity contribution in [1.82, 2.24) is 25.1 Å². The number of ketones is 3. The zero-order valence-corrected chi connectivity index (χ0v) is 42.0. The number of Topliss-reactive ketones (excluding diaryl/α,β-unsaturated/α-hetero) is 3. The SMILES string of the molecule is [2H]C([2H])([2H])O[C@H]1C[C@@H]2CC([2H])([2H])[C@@H](C)[C@@](O)(O2)C(=O)C(=O)N2CCCC[C@H]2C(=O)O[C@H]([C@H](C)C[C@@H]2CC[C@H](n3cnnn3)[C@H](OC)C2)CC(=O)[C@H](C([2H])([2H])[2H])/C=C(\C)[C@@H](O)[C@@H](OC)C(=O)[C@H](C)C([2H])(C)[C@]([2H])(C)/C=C/C=C/C=C/1C. The van der Waals surface area contributed by atoms with Gasteiger partial charge >= 0.3 is 5.97 Å². The van der Waals surface area contributed by atoms with Gasteiger partial charge in [0.25, 0.3) is 11.7 Å². The Bertz CT molecular complexity index is 2470. The summed E-state index contributed by atoms with van der Waals surface area (Å²) in [6.07, 6.45) is 0.447. The summed E-state index contributed by atoms with van der Waals surface area (Å²) >= 11 is 0. The van der Waals surface area contributed by atoms with E-state index in [2.05, 4.69) is 15.5 Å². The van der Waals surface area contributed by atoms with E-state index in [1.54, 1.807) is 18.7 Å². The number of tetrazole rings is 1. The molecule has 70 heavy (non-hydrogen) atoms. The Balaban J connectivity index is 1.61. The second kappa shape index (κ2) is 25.9. The number of carbonyl (C=O) groups excluding carboxylic acids is 5. The molecule has 5 rings (SSSR count). The molecule has 2 bridgehead atoms. The quantitative estimate of drug-likeness (QED) is 0.174. The van der Waals surface area contributed by atoms with Gasteiger partial charge < -0.3 is 38.8 Å². The average molecular weight is 990 g/mol. The van der Waals surface area contributed by atoms with Gasteiger partial charge in [-0.2, -0.15) is 0 Å². The molecular formula is C53H81N5O12. The average Bonchev–Trinajstić information content (AvgIpc) is 3.93. The van der Waals surface area contributed by atoms with Gasteiger partial charge in [0.1, 0.15) is 36.5 Å². The minimum Gasteiger partial charge on any atom is -0.460 e. The maximum absolute atomic E-state index is 14.7. The molecule has 17 heteroatoms. The second-order valence-electron chi connectivity index (χ2n) is 19.6. The fraction of sp³-hybridized carbons (Fsp3) is 0.736. The monoisotopic (exact) mass is 990 g/mol. The third-order valence-corrected chi connectivity index (χ3v) is 14.8. The predicted molar refractivity (Wildman–Crippen MR) is 261 cm³/mol. The first-order valence-corrected chi connectivity index (χ1v) is 24.4. The highest BCUT2D eigenvalue weighted by molar-refractivity contribution is 6.39. The standard InChI is InChI=1S/C53H81N5O12/c1-31-17-13-12-14-18-32(2)44(66-9)28-40-22-20-36(6)53(65,70-40)50(62)51(63)57-24-16-15-19-42(57)52(64)69-45(34(4)26-39-21-23-41(46(27-39)67-10)58-30-54-55-56-58)29-43(59)33(3)25-35(5)47(60)49(68-11)48(61)38(8)37(31)7/h12-14,17-18,25,30-31,33-34,36-42,44-47,49,60,65H,15-16,19-24,26-29H2,1-11H3/b14-12+,17-13+,32-18+,35-25+/t31-,33-,34-,36-,37?,38-,39+,40+,41+,42+,44+,45+,46-,47-,49-,53-/m1/s1/i3D3,9D3,20D2,31D,37D. The smallest absolute Gasteiger partial charge is 0.329 e. The van der Waals surface area contributed by atoms with Gasteiger partial charge in [-0.25, -0.2) is 9.48 Å². The van der Waals surface area contributed by atoms with Crippen LogP contribution in [0.3, 0.4) is 0 Å². The zero-order valence-electron chi connectivity index (χ0n) is 52.0. The molecule has 2 N–H and O–H groups in total. The molecule has 390 valence electrons. The predicted octanol–water partition coefficient (Wildman–Crippen LogP) is 6.29. The lowest BCUT2D eigenvalue weighted by Crippen LogP contribution is -2.61. The zero-order chi connectivity index (χ0) is 60.1. The molecule has 0 radical (unpaired) electrons. The number of amides is 1. The highest BCUT2D eigenvalue weighted by Crippen LogP contribution is 2.39. The summed E-state index contributed by atoms with van der Waals surface area (Å²) in [4.78, 5) is 73.6. The van der Waals surface area contributed by atoms with Crippen LogP contribution in [-0.4, -0.2) is 141 Å². The van der Waals surface area contributed by atoms with Gasteiger partial charge in [-0.1, -0.05) is 77.9 Å². The van der Waals surface area contributed by atoms with Gasteiger partial charge in [0, 0.05) is 68.0 Å². The minimum atomic E-state index is -3.14. The van der Waals surface area contributed by atoms with Crippen molar-refractivity contribution in [2.75, 3.05) is 27.8 Å².